The second-order valence-electron chi connectivity index (χ2n) is 3.07. The lowest BCUT2D eigenvalue weighted by molar-refractivity contribution is -0.116. The molecule has 2 rings (SSSR count). The fourth-order valence-electron chi connectivity index (χ4n) is 1.21. The molecule has 1 aromatic heterocycles. The van der Waals surface area contributed by atoms with Gasteiger partial charge in [-0.2, -0.15) is 0 Å². The Hall–Kier alpha value is -1.23. The van der Waals surface area contributed by atoms with Crippen molar-refractivity contribution in [3.8, 4) is 0 Å². The van der Waals surface area contributed by atoms with Gasteiger partial charge in [-0.1, -0.05) is 11.8 Å². The van der Waals surface area contributed by atoms with Crippen molar-refractivity contribution < 1.29 is 9.59 Å². The third kappa shape index (κ3) is 1.68. The van der Waals surface area contributed by atoms with E-state index in [1.54, 1.807) is 0 Å². The van der Waals surface area contributed by atoms with Crippen LogP contribution in [0.1, 0.15) is 23.1 Å². The summed E-state index contributed by atoms with van der Waals surface area (Å²) in [5.74, 6) is 0.474. The molecular formula is C9H8N2O2S. The Morgan fingerprint density at radius 3 is 3.07 bits per heavy atom. The van der Waals surface area contributed by atoms with Gasteiger partial charge < -0.3 is 0 Å². The summed E-state index contributed by atoms with van der Waals surface area (Å²) in [6.45, 7) is 1.44. The summed E-state index contributed by atoms with van der Waals surface area (Å²) in [5.41, 5.74) is 0.970. The Kier molecular flexibility index (Phi) is 2.33. The first kappa shape index (κ1) is 9.33. The van der Waals surface area contributed by atoms with Crippen LogP contribution >= 0.6 is 11.8 Å². The Bertz CT molecular complexity index is 417. The molecule has 14 heavy (non-hydrogen) atoms. The van der Waals surface area contributed by atoms with Crippen molar-refractivity contribution in [1.29, 1.82) is 0 Å². The first-order valence-electron chi connectivity index (χ1n) is 4.18. The lowest BCUT2D eigenvalue weighted by atomic mass is 10.2. The molecule has 4 nitrogen and oxygen atoms in total. The molecule has 1 aliphatic rings. The minimum absolute atomic E-state index is 0.122. The number of ketones is 2. The van der Waals surface area contributed by atoms with Gasteiger partial charge in [0.25, 0.3) is 0 Å². The Balaban J connectivity index is 2.42. The van der Waals surface area contributed by atoms with Gasteiger partial charge in [0.2, 0.25) is 0 Å². The van der Waals surface area contributed by atoms with Crippen LogP contribution in [0.3, 0.4) is 0 Å². The van der Waals surface area contributed by atoms with Crippen LogP contribution in [-0.2, 0) is 11.2 Å². The summed E-state index contributed by atoms with van der Waals surface area (Å²) < 4.78 is 0. The highest BCUT2D eigenvalue weighted by atomic mass is 32.2. The van der Waals surface area contributed by atoms with Gasteiger partial charge in [0.05, 0.1) is 24.1 Å². The Morgan fingerprint density at radius 2 is 2.36 bits per heavy atom. The van der Waals surface area contributed by atoms with Gasteiger partial charge in [-0.05, 0) is 0 Å². The second-order valence-corrected chi connectivity index (χ2v) is 4.03. The summed E-state index contributed by atoms with van der Waals surface area (Å²) in [4.78, 5) is 30.4. The molecule has 0 bridgehead atoms. The van der Waals surface area contributed by atoms with Crippen LogP contribution in [0.25, 0.3) is 0 Å². The van der Waals surface area contributed by atoms with Crippen LogP contribution in [0.2, 0.25) is 0 Å². The first-order chi connectivity index (χ1) is 6.66. The number of Topliss-reactive ketones (excluding diaryl/α,β-unsaturated/α-hetero) is 2. The number of aromatic nitrogens is 2. The number of hydrogen-bond donors (Lipinski definition) is 0. The van der Waals surface area contributed by atoms with Crippen molar-refractivity contribution in [3.05, 3.63) is 17.6 Å². The SMILES string of the molecule is CC(=O)c1cnc2c(n1)CC(=O)CS2. The van der Waals surface area contributed by atoms with Crippen LogP contribution in [-0.4, -0.2) is 27.3 Å². The molecule has 0 saturated carbocycles. The molecule has 1 aliphatic heterocycles. The molecule has 1 aromatic rings. The maximum absolute atomic E-state index is 11.1. The number of carbonyl (C=O) groups is 2. The van der Waals surface area contributed by atoms with Crippen LogP contribution in [0.5, 0.6) is 0 Å². The molecule has 0 N–H and O–H groups in total. The molecule has 5 heteroatoms. The van der Waals surface area contributed by atoms with E-state index >= 15 is 0 Å². The van der Waals surface area contributed by atoms with Crippen molar-refractivity contribution in [2.75, 3.05) is 5.75 Å². The number of thioether (sulfide) groups is 1. The van der Waals surface area contributed by atoms with Crippen molar-refractivity contribution >= 4 is 23.3 Å². The summed E-state index contributed by atoms with van der Waals surface area (Å²) in [6, 6.07) is 0. The standard InChI is InChI=1S/C9H8N2O2S/c1-5(12)8-3-10-9-7(11-8)2-6(13)4-14-9/h3H,2,4H2,1H3. The normalized spacial score (nSPS) is 15.1. The molecule has 0 amide bonds. The van der Waals surface area contributed by atoms with Crippen LogP contribution < -0.4 is 0 Å². The van der Waals surface area contributed by atoms with E-state index in [2.05, 4.69) is 9.97 Å². The lowest BCUT2D eigenvalue weighted by Crippen LogP contribution is -2.16. The third-order valence-corrected chi connectivity index (χ3v) is 2.98. The number of rotatable bonds is 1. The summed E-state index contributed by atoms with van der Waals surface area (Å²) in [6.07, 6.45) is 1.76. The largest absolute Gasteiger partial charge is 0.298 e. The summed E-state index contributed by atoms with van der Waals surface area (Å²) >= 11 is 1.38. The van der Waals surface area contributed by atoms with Crippen LogP contribution in [0, 0.1) is 0 Å². The highest BCUT2D eigenvalue weighted by Gasteiger charge is 2.19. The Labute approximate surface area is 85.1 Å². The van der Waals surface area contributed by atoms with Gasteiger partial charge in [-0.25, -0.2) is 9.97 Å². The molecule has 0 spiro atoms. The zero-order chi connectivity index (χ0) is 10.1. The van der Waals surface area contributed by atoms with Gasteiger partial charge >= 0.3 is 0 Å². The Morgan fingerprint density at radius 1 is 1.57 bits per heavy atom. The number of carbonyl (C=O) groups excluding carboxylic acids is 2. The number of fused-ring (bicyclic) bond motifs is 1. The highest BCUT2D eigenvalue weighted by molar-refractivity contribution is 8.00. The maximum atomic E-state index is 11.1. The van der Waals surface area contributed by atoms with E-state index in [4.69, 9.17) is 0 Å². The smallest absolute Gasteiger partial charge is 0.179 e. The zero-order valence-electron chi connectivity index (χ0n) is 7.61. The average Bonchev–Trinajstić information content (AvgIpc) is 2.16. The van der Waals surface area contributed by atoms with Gasteiger partial charge in [-0.15, -0.1) is 0 Å². The van der Waals surface area contributed by atoms with E-state index in [9.17, 15) is 9.59 Å². The molecule has 72 valence electrons. The van der Waals surface area contributed by atoms with E-state index in [1.807, 2.05) is 0 Å². The maximum Gasteiger partial charge on any atom is 0.179 e. The van der Waals surface area contributed by atoms with Crippen molar-refractivity contribution in [3.63, 3.8) is 0 Å². The molecule has 0 atom stereocenters. The monoisotopic (exact) mass is 208 g/mol. The van der Waals surface area contributed by atoms with Gasteiger partial charge in [0.1, 0.15) is 16.5 Å². The predicted octanol–water partition coefficient (Wildman–Crippen LogP) is 0.896. The summed E-state index contributed by atoms with van der Waals surface area (Å²) in [7, 11) is 0. The fraction of sp³-hybridized carbons (Fsp3) is 0.333. The molecule has 2 heterocycles. The first-order valence-corrected chi connectivity index (χ1v) is 5.17. The number of hydrogen-bond acceptors (Lipinski definition) is 5. The second kappa shape index (κ2) is 3.49. The third-order valence-electron chi connectivity index (χ3n) is 1.90. The zero-order valence-corrected chi connectivity index (χ0v) is 8.43. The predicted molar refractivity (Wildman–Crippen MR) is 51.5 cm³/mol. The lowest BCUT2D eigenvalue weighted by Gasteiger charge is -2.12. The highest BCUT2D eigenvalue weighted by Crippen LogP contribution is 2.24. The molecule has 0 aliphatic carbocycles. The van der Waals surface area contributed by atoms with Gasteiger partial charge in [0.15, 0.2) is 5.78 Å². The molecule has 0 radical (unpaired) electrons. The minimum Gasteiger partial charge on any atom is -0.298 e. The van der Waals surface area contributed by atoms with E-state index in [-0.39, 0.29) is 11.6 Å². The molecule has 0 fully saturated rings. The molecule has 0 unspecified atom stereocenters. The molecular weight excluding hydrogens is 200 g/mol. The molecule has 0 saturated heterocycles. The average molecular weight is 208 g/mol. The number of nitrogens with zero attached hydrogens (tertiary/aromatic N) is 2. The van der Waals surface area contributed by atoms with Crippen molar-refractivity contribution in [2.24, 2.45) is 0 Å². The van der Waals surface area contributed by atoms with E-state index in [0.29, 0.717) is 23.6 Å². The quantitative estimate of drug-likeness (QED) is 0.641. The van der Waals surface area contributed by atoms with Crippen LogP contribution in [0.4, 0.5) is 0 Å². The van der Waals surface area contributed by atoms with Crippen LogP contribution in [0.15, 0.2) is 11.2 Å². The van der Waals surface area contributed by atoms with E-state index in [1.165, 1.54) is 24.9 Å². The minimum atomic E-state index is -0.122. The van der Waals surface area contributed by atoms with E-state index in [0.717, 1.165) is 5.03 Å². The van der Waals surface area contributed by atoms with Crippen molar-refractivity contribution in [1.82, 2.24) is 9.97 Å². The van der Waals surface area contributed by atoms with E-state index < -0.39 is 0 Å². The van der Waals surface area contributed by atoms with Gasteiger partial charge in [-0.3, -0.25) is 9.59 Å². The van der Waals surface area contributed by atoms with Crippen molar-refractivity contribution in [2.45, 2.75) is 18.4 Å². The summed E-state index contributed by atoms with van der Waals surface area (Å²) in [5, 5.41) is 0.773. The fourth-order valence-corrected chi connectivity index (χ4v) is 2.02. The topological polar surface area (TPSA) is 59.9 Å². The van der Waals surface area contributed by atoms with Gasteiger partial charge in [0, 0.05) is 6.92 Å². The molecule has 0 aromatic carbocycles.